The maximum atomic E-state index is 15.2. The molecule has 2 unspecified atom stereocenters. The Morgan fingerprint density at radius 2 is 1.88 bits per heavy atom. The number of ether oxygens (including phenoxy) is 1. The van der Waals surface area contributed by atoms with E-state index in [9.17, 15) is 24.2 Å². The third kappa shape index (κ3) is 5.22. The lowest BCUT2D eigenvalue weighted by Crippen LogP contribution is -2.33. The standard InChI is InChI=1S/C23H27ClFN5O9P2/c24-22-27-19(29-9-23(6-1-2-7-23)15-12(25)4-3-5-13(15)29)16-20(28-22)30(10-26-16)21-18(32)17(31)14(39-21)8-38-41(36,37)11-40(33,34)35/h3-5,10,14,17-18,21,31-32H,1-2,6-9,11H2,(H,36,37)(H2,33,34,35)/t14-,17?,18+,21-/m1/s1. The smallest absolute Gasteiger partial charge is 0.340 e. The predicted molar refractivity (Wildman–Crippen MR) is 142 cm³/mol. The van der Waals surface area contributed by atoms with Crippen molar-refractivity contribution in [3.05, 3.63) is 41.2 Å². The van der Waals surface area contributed by atoms with Crippen molar-refractivity contribution in [1.29, 1.82) is 0 Å². The van der Waals surface area contributed by atoms with Crippen LogP contribution in [0.1, 0.15) is 37.5 Å². The van der Waals surface area contributed by atoms with Crippen LogP contribution in [-0.4, -0.2) is 81.8 Å². The van der Waals surface area contributed by atoms with Crippen LogP contribution in [0.2, 0.25) is 5.28 Å². The number of aliphatic hydroxyl groups is 2. The lowest BCUT2D eigenvalue weighted by Gasteiger charge is -2.25. The lowest BCUT2D eigenvalue weighted by molar-refractivity contribution is -0.0483. The van der Waals surface area contributed by atoms with Crippen LogP contribution in [0.4, 0.5) is 15.9 Å². The first kappa shape index (κ1) is 29.1. The summed E-state index contributed by atoms with van der Waals surface area (Å²) in [6.45, 7) is -0.274. The molecule has 3 aliphatic rings. The number of fused-ring (bicyclic) bond motifs is 3. The molecule has 14 nitrogen and oxygen atoms in total. The summed E-state index contributed by atoms with van der Waals surface area (Å²) in [5.74, 6) is -1.36. The van der Waals surface area contributed by atoms with Gasteiger partial charge >= 0.3 is 15.2 Å². The first-order chi connectivity index (χ1) is 19.3. The van der Waals surface area contributed by atoms with Crippen molar-refractivity contribution >= 4 is 49.5 Å². The Kier molecular flexibility index (Phi) is 7.30. The molecule has 5 atom stereocenters. The summed E-state index contributed by atoms with van der Waals surface area (Å²) < 4.78 is 50.1. The van der Waals surface area contributed by atoms with Crippen molar-refractivity contribution in [2.24, 2.45) is 0 Å². The van der Waals surface area contributed by atoms with Gasteiger partial charge in [0.15, 0.2) is 29.1 Å². The fraction of sp³-hybridized carbons (Fsp3) is 0.522. The molecule has 41 heavy (non-hydrogen) atoms. The Labute approximate surface area is 237 Å². The number of hydrogen-bond acceptors (Lipinski definition) is 10. The molecule has 3 aromatic rings. The van der Waals surface area contributed by atoms with E-state index in [4.69, 9.17) is 30.6 Å². The van der Waals surface area contributed by atoms with E-state index >= 15 is 4.39 Å². The van der Waals surface area contributed by atoms with Crippen LogP contribution in [0.25, 0.3) is 11.2 Å². The van der Waals surface area contributed by atoms with Gasteiger partial charge in [0.05, 0.1) is 12.9 Å². The van der Waals surface area contributed by atoms with Gasteiger partial charge in [-0.25, -0.2) is 9.37 Å². The van der Waals surface area contributed by atoms with E-state index < -0.39 is 52.2 Å². The van der Waals surface area contributed by atoms with E-state index in [1.54, 1.807) is 6.07 Å². The number of nitrogens with zero attached hydrogens (tertiary/aromatic N) is 5. The van der Waals surface area contributed by atoms with Crippen molar-refractivity contribution in [1.82, 2.24) is 19.5 Å². The molecule has 0 radical (unpaired) electrons. The maximum absolute atomic E-state index is 15.2. The molecule has 0 amide bonds. The van der Waals surface area contributed by atoms with Crippen LogP contribution in [0.3, 0.4) is 0 Å². The van der Waals surface area contributed by atoms with Crippen molar-refractivity contribution in [3.63, 3.8) is 0 Å². The number of benzene rings is 1. The number of aromatic nitrogens is 4. The number of rotatable bonds is 7. The third-order valence-corrected chi connectivity index (χ3v) is 11.5. The van der Waals surface area contributed by atoms with E-state index in [1.165, 1.54) is 17.0 Å². The molecular weight excluding hydrogens is 607 g/mol. The van der Waals surface area contributed by atoms with Gasteiger partial charge < -0.3 is 39.1 Å². The Morgan fingerprint density at radius 3 is 2.59 bits per heavy atom. The molecule has 4 heterocycles. The zero-order valence-corrected chi connectivity index (χ0v) is 23.9. The van der Waals surface area contributed by atoms with E-state index in [1.807, 2.05) is 11.0 Å². The minimum Gasteiger partial charge on any atom is -0.387 e. The van der Waals surface area contributed by atoms with Crippen LogP contribution < -0.4 is 4.90 Å². The number of anilines is 2. The maximum Gasteiger partial charge on any atom is 0.340 e. The molecule has 6 rings (SSSR count). The van der Waals surface area contributed by atoms with Gasteiger partial charge in [-0.2, -0.15) is 9.97 Å². The first-order valence-corrected chi connectivity index (χ1v) is 16.7. The zero-order valence-electron chi connectivity index (χ0n) is 21.3. The molecule has 222 valence electrons. The van der Waals surface area contributed by atoms with E-state index in [2.05, 4.69) is 15.0 Å². The largest absolute Gasteiger partial charge is 0.387 e. The highest BCUT2D eigenvalue weighted by Crippen LogP contribution is 2.56. The van der Waals surface area contributed by atoms with Crippen molar-refractivity contribution in [3.8, 4) is 0 Å². The molecule has 2 aliphatic heterocycles. The zero-order chi connectivity index (χ0) is 29.3. The summed E-state index contributed by atoms with van der Waals surface area (Å²) in [7, 11) is -9.59. The van der Waals surface area contributed by atoms with E-state index in [-0.39, 0.29) is 27.7 Å². The molecule has 1 saturated carbocycles. The first-order valence-electron chi connectivity index (χ1n) is 12.8. The van der Waals surface area contributed by atoms with Crippen molar-refractivity contribution in [2.45, 2.75) is 55.6 Å². The number of aliphatic hydroxyl groups excluding tert-OH is 2. The van der Waals surface area contributed by atoms with Gasteiger partial charge in [0, 0.05) is 23.2 Å². The topological polar surface area (TPSA) is 201 Å². The molecular formula is C23H27ClFN5O9P2. The molecule has 1 aromatic carbocycles. The van der Waals surface area contributed by atoms with E-state index in [0.717, 1.165) is 25.7 Å². The van der Waals surface area contributed by atoms with Crippen LogP contribution in [0.5, 0.6) is 0 Å². The fourth-order valence-electron chi connectivity index (χ4n) is 6.19. The van der Waals surface area contributed by atoms with Gasteiger partial charge in [-0.3, -0.25) is 13.7 Å². The molecule has 2 fully saturated rings. The Balaban J connectivity index is 1.31. The van der Waals surface area contributed by atoms with Crippen molar-refractivity contribution < 1.29 is 47.7 Å². The molecule has 2 aromatic heterocycles. The minimum atomic E-state index is -4.86. The summed E-state index contributed by atoms with van der Waals surface area (Å²) in [5.41, 5.74) is 1.36. The Morgan fingerprint density at radius 1 is 1.15 bits per heavy atom. The number of hydrogen-bond donors (Lipinski definition) is 5. The normalized spacial score (nSPS) is 27.1. The lowest BCUT2D eigenvalue weighted by atomic mass is 9.80. The predicted octanol–water partition coefficient (Wildman–Crippen LogP) is 2.54. The van der Waals surface area contributed by atoms with Gasteiger partial charge in [0.1, 0.15) is 24.1 Å². The Hall–Kier alpha value is -2.03. The highest BCUT2D eigenvalue weighted by atomic mass is 35.5. The molecule has 1 aliphatic carbocycles. The fourth-order valence-corrected chi connectivity index (χ4v) is 8.92. The quantitative estimate of drug-likeness (QED) is 0.188. The van der Waals surface area contributed by atoms with Gasteiger partial charge in [-0.15, -0.1) is 0 Å². The van der Waals surface area contributed by atoms with Crippen LogP contribution in [0.15, 0.2) is 24.5 Å². The molecule has 1 saturated heterocycles. The average Bonchev–Trinajstić information content (AvgIpc) is 3.64. The summed E-state index contributed by atoms with van der Waals surface area (Å²) in [4.78, 5) is 42.7. The SMILES string of the molecule is O=P(O)(O)CP(=O)(O)OC[C@H]1O[C@@H](n2cnc3c(N4CC5(CCCC5)c5c(F)cccc54)nc(Cl)nc32)[C@@H](O)C1O. The average molecular weight is 634 g/mol. The summed E-state index contributed by atoms with van der Waals surface area (Å²) in [5, 5.41) is 21.2. The summed E-state index contributed by atoms with van der Waals surface area (Å²) >= 11 is 6.33. The third-order valence-electron chi connectivity index (χ3n) is 7.88. The second kappa shape index (κ2) is 10.3. The highest BCUT2D eigenvalue weighted by molar-refractivity contribution is 7.70. The molecule has 1 spiro atoms. The second-order valence-corrected chi connectivity index (χ2v) is 15.0. The van der Waals surface area contributed by atoms with E-state index in [0.29, 0.717) is 23.6 Å². The Bertz CT molecular complexity index is 1600. The van der Waals surface area contributed by atoms with Crippen LogP contribution in [-0.2, 0) is 23.8 Å². The molecule has 18 heteroatoms. The molecule has 5 N–H and O–H groups in total. The van der Waals surface area contributed by atoms with Gasteiger partial charge in [-0.05, 0) is 36.6 Å². The molecule has 0 bridgehead atoms. The minimum absolute atomic E-state index is 0.147. The highest BCUT2D eigenvalue weighted by Gasteiger charge is 2.49. The van der Waals surface area contributed by atoms with Crippen LogP contribution >= 0.6 is 26.8 Å². The van der Waals surface area contributed by atoms with Gasteiger partial charge in [0.25, 0.3) is 0 Å². The monoisotopic (exact) mass is 633 g/mol. The van der Waals surface area contributed by atoms with Crippen molar-refractivity contribution in [2.75, 3.05) is 24.0 Å². The second-order valence-electron chi connectivity index (χ2n) is 10.6. The van der Waals surface area contributed by atoms with Gasteiger partial charge in [-0.1, -0.05) is 18.9 Å². The summed E-state index contributed by atoms with van der Waals surface area (Å²) in [6, 6.07) is 4.90. The summed E-state index contributed by atoms with van der Waals surface area (Å²) in [6.07, 6.45) is -0.873. The number of halogens is 2. The van der Waals surface area contributed by atoms with Crippen LogP contribution in [0, 0.1) is 5.82 Å². The van der Waals surface area contributed by atoms with Gasteiger partial charge in [0.2, 0.25) is 5.28 Å². The number of imidazole rings is 1.